The molecule has 0 heterocycles. The molecule has 0 fully saturated rings. The lowest BCUT2D eigenvalue weighted by Gasteiger charge is -2.23. The van der Waals surface area contributed by atoms with Crippen LogP contribution in [0.3, 0.4) is 0 Å². The minimum absolute atomic E-state index is 0.896. The molecule has 0 aliphatic rings. The van der Waals surface area contributed by atoms with Crippen LogP contribution in [0.2, 0.25) is 0 Å². The van der Waals surface area contributed by atoms with Gasteiger partial charge < -0.3 is 0 Å². The van der Waals surface area contributed by atoms with E-state index in [1.54, 1.807) is 0 Å². The van der Waals surface area contributed by atoms with Gasteiger partial charge in [0.15, 0.2) is 0 Å². The molecule has 0 saturated carbocycles. The predicted molar refractivity (Wildman–Crippen MR) is 126 cm³/mol. The zero-order valence-corrected chi connectivity index (χ0v) is 19.9. The van der Waals surface area contributed by atoms with Crippen LogP contribution in [0.5, 0.6) is 0 Å². The van der Waals surface area contributed by atoms with Gasteiger partial charge in [-0.1, -0.05) is 156 Å². The summed E-state index contributed by atoms with van der Waals surface area (Å²) >= 11 is 0. The molecule has 0 heteroatoms. The fourth-order valence-corrected chi connectivity index (χ4v) is 4.46. The molecule has 0 aliphatic heterocycles. The summed E-state index contributed by atoms with van der Waals surface area (Å²) < 4.78 is 0. The van der Waals surface area contributed by atoms with E-state index in [9.17, 15) is 0 Å². The fraction of sp³-hybridized carbons (Fsp3) is 0.963. The van der Waals surface area contributed by atoms with Gasteiger partial charge in [0.1, 0.15) is 0 Å². The first-order valence-electron chi connectivity index (χ1n) is 13.1. The lowest BCUT2D eigenvalue weighted by atomic mass is 9.82. The minimum Gasteiger partial charge on any atom is -0.0654 e. The van der Waals surface area contributed by atoms with Gasteiger partial charge in [-0.25, -0.2) is 0 Å². The fourth-order valence-electron chi connectivity index (χ4n) is 4.46. The predicted octanol–water partition coefficient (Wildman–Crippen LogP) is 10.3. The molecule has 0 bridgehead atoms. The molecule has 0 saturated heterocycles. The summed E-state index contributed by atoms with van der Waals surface area (Å²) in [5.41, 5.74) is 0. The SMILES string of the molecule is CCCCCCCCC([CH]C(CCC)CCCCCCC)CCCCCC. The average molecular weight is 380 g/mol. The van der Waals surface area contributed by atoms with E-state index in [0.29, 0.717) is 0 Å². The van der Waals surface area contributed by atoms with Gasteiger partial charge in [-0.05, 0) is 18.3 Å². The van der Waals surface area contributed by atoms with Gasteiger partial charge in [-0.2, -0.15) is 0 Å². The third-order valence-corrected chi connectivity index (χ3v) is 6.24. The number of hydrogen-bond acceptors (Lipinski definition) is 0. The van der Waals surface area contributed by atoms with Crippen LogP contribution in [0.1, 0.15) is 156 Å². The Kier molecular flexibility index (Phi) is 22.3. The van der Waals surface area contributed by atoms with Crippen molar-refractivity contribution in [3.63, 3.8) is 0 Å². The van der Waals surface area contributed by atoms with E-state index in [-0.39, 0.29) is 0 Å². The quantitative estimate of drug-likeness (QED) is 0.164. The molecule has 27 heavy (non-hydrogen) atoms. The van der Waals surface area contributed by atoms with Gasteiger partial charge in [-0.3, -0.25) is 0 Å². The first-order chi connectivity index (χ1) is 13.3. The van der Waals surface area contributed by atoms with Gasteiger partial charge >= 0.3 is 0 Å². The maximum atomic E-state index is 2.83. The largest absolute Gasteiger partial charge is 0.0654 e. The Bertz CT molecular complexity index is 257. The normalized spacial score (nSPS) is 13.8. The summed E-state index contributed by atoms with van der Waals surface area (Å²) in [6.45, 7) is 9.34. The van der Waals surface area contributed by atoms with Crippen LogP contribution < -0.4 is 0 Å². The zero-order valence-electron chi connectivity index (χ0n) is 19.9. The van der Waals surface area contributed by atoms with Crippen LogP contribution in [0.25, 0.3) is 0 Å². The smallest absolute Gasteiger partial charge is 0.0324 e. The molecule has 1 radical (unpaired) electrons. The molecular formula is C27H55. The molecule has 0 aromatic carbocycles. The molecular weight excluding hydrogens is 324 g/mol. The van der Waals surface area contributed by atoms with Crippen molar-refractivity contribution in [2.45, 2.75) is 156 Å². The molecule has 0 aromatic heterocycles. The van der Waals surface area contributed by atoms with E-state index in [1.807, 2.05) is 0 Å². The highest BCUT2D eigenvalue weighted by Crippen LogP contribution is 2.29. The summed E-state index contributed by atoms with van der Waals surface area (Å²) in [6.07, 6.45) is 31.5. The summed E-state index contributed by atoms with van der Waals surface area (Å²) in [4.78, 5) is 0. The van der Waals surface area contributed by atoms with Crippen molar-refractivity contribution in [3.05, 3.63) is 6.42 Å². The number of hydrogen-bond donors (Lipinski definition) is 0. The van der Waals surface area contributed by atoms with Crippen molar-refractivity contribution in [1.82, 2.24) is 0 Å². The van der Waals surface area contributed by atoms with Gasteiger partial charge in [-0.15, -0.1) is 0 Å². The monoisotopic (exact) mass is 379 g/mol. The highest BCUT2D eigenvalue weighted by Gasteiger charge is 2.16. The van der Waals surface area contributed by atoms with Crippen LogP contribution in [0, 0.1) is 18.3 Å². The Morgan fingerprint density at radius 2 is 0.704 bits per heavy atom. The molecule has 163 valence electrons. The van der Waals surface area contributed by atoms with Gasteiger partial charge in [0.2, 0.25) is 0 Å². The van der Waals surface area contributed by atoms with Crippen LogP contribution in [0.15, 0.2) is 0 Å². The Morgan fingerprint density at radius 1 is 0.370 bits per heavy atom. The standard InChI is InChI=1S/C27H55/c1-5-9-12-15-17-20-24-27(23-18-14-11-7-3)25-26(21-8-4)22-19-16-13-10-6-2/h25-27H,5-24H2,1-4H3. The maximum Gasteiger partial charge on any atom is -0.0324 e. The molecule has 2 unspecified atom stereocenters. The Hall–Kier alpha value is 0. The molecule has 0 N–H and O–H groups in total. The zero-order chi connectivity index (χ0) is 20.0. The van der Waals surface area contributed by atoms with Crippen molar-refractivity contribution >= 4 is 0 Å². The second kappa shape index (κ2) is 22.3. The van der Waals surface area contributed by atoms with Crippen molar-refractivity contribution in [3.8, 4) is 0 Å². The summed E-state index contributed by atoms with van der Waals surface area (Å²) in [5.74, 6) is 1.80. The van der Waals surface area contributed by atoms with E-state index in [4.69, 9.17) is 0 Å². The van der Waals surface area contributed by atoms with Crippen LogP contribution >= 0.6 is 0 Å². The maximum absolute atomic E-state index is 2.83. The lowest BCUT2D eigenvalue weighted by molar-refractivity contribution is 0.371. The van der Waals surface area contributed by atoms with E-state index in [1.165, 1.54) is 128 Å². The van der Waals surface area contributed by atoms with Gasteiger partial charge in [0.25, 0.3) is 0 Å². The second-order valence-electron chi connectivity index (χ2n) is 9.11. The molecule has 0 aromatic rings. The number of rotatable bonds is 22. The van der Waals surface area contributed by atoms with Crippen LogP contribution in [-0.4, -0.2) is 0 Å². The summed E-state index contributed by atoms with van der Waals surface area (Å²) in [6, 6.07) is 0. The molecule has 0 rings (SSSR count). The molecule has 2 atom stereocenters. The highest BCUT2D eigenvalue weighted by atomic mass is 14.2. The third-order valence-electron chi connectivity index (χ3n) is 6.24. The third kappa shape index (κ3) is 19.1. The summed E-state index contributed by atoms with van der Waals surface area (Å²) in [5, 5.41) is 0. The average Bonchev–Trinajstić information content (AvgIpc) is 2.67. The van der Waals surface area contributed by atoms with E-state index in [0.717, 1.165) is 11.8 Å². The van der Waals surface area contributed by atoms with Crippen molar-refractivity contribution in [2.24, 2.45) is 11.8 Å². The van der Waals surface area contributed by atoms with Gasteiger partial charge in [0, 0.05) is 0 Å². The number of unbranched alkanes of at least 4 members (excludes halogenated alkanes) is 12. The first kappa shape index (κ1) is 27.0. The van der Waals surface area contributed by atoms with E-state index < -0.39 is 0 Å². The molecule has 0 amide bonds. The molecule has 0 aliphatic carbocycles. The van der Waals surface area contributed by atoms with Crippen LogP contribution in [0.4, 0.5) is 0 Å². The lowest BCUT2D eigenvalue weighted by Crippen LogP contribution is -2.11. The first-order valence-corrected chi connectivity index (χ1v) is 13.1. The highest BCUT2D eigenvalue weighted by molar-refractivity contribution is 4.84. The van der Waals surface area contributed by atoms with E-state index >= 15 is 0 Å². The van der Waals surface area contributed by atoms with Crippen molar-refractivity contribution < 1.29 is 0 Å². The minimum atomic E-state index is 0.896. The van der Waals surface area contributed by atoms with Crippen LogP contribution in [-0.2, 0) is 0 Å². The second-order valence-corrected chi connectivity index (χ2v) is 9.11. The van der Waals surface area contributed by atoms with Gasteiger partial charge in [0.05, 0.1) is 0 Å². The topological polar surface area (TPSA) is 0 Å². The van der Waals surface area contributed by atoms with E-state index in [2.05, 4.69) is 34.1 Å². The Balaban J connectivity index is 4.23. The molecule has 0 spiro atoms. The summed E-state index contributed by atoms with van der Waals surface area (Å²) in [7, 11) is 0. The molecule has 0 nitrogen and oxygen atoms in total. The van der Waals surface area contributed by atoms with Crippen molar-refractivity contribution in [1.29, 1.82) is 0 Å². The Labute approximate surface area is 174 Å². The Morgan fingerprint density at radius 3 is 1.11 bits per heavy atom. The van der Waals surface area contributed by atoms with Crippen molar-refractivity contribution in [2.75, 3.05) is 0 Å².